The Hall–Kier alpha value is -0.960. The number of aliphatic hydroxyl groups excluding tert-OH is 2. The predicted octanol–water partition coefficient (Wildman–Crippen LogP) is -1.45. The summed E-state index contributed by atoms with van der Waals surface area (Å²) in [5.74, 6) is 0. The molecule has 7 nitrogen and oxygen atoms in total. The summed E-state index contributed by atoms with van der Waals surface area (Å²) in [6.45, 7) is -0.349. The highest BCUT2D eigenvalue weighted by atomic mass is 81.9. The van der Waals surface area contributed by atoms with Gasteiger partial charge in [0.1, 0.15) is 6.10 Å². The quantitative estimate of drug-likeness (QED) is 0.580. The minimum absolute atomic E-state index is 0.349. The number of ether oxygens (including phenoxy) is 1. The first kappa shape index (κ1) is 12.5. The van der Waals surface area contributed by atoms with Crippen molar-refractivity contribution in [1.29, 1.82) is 0 Å². The van der Waals surface area contributed by atoms with Crippen LogP contribution in [0.15, 0.2) is 21.9 Å². The Kier molecular flexibility index (Phi) is 3.48. The monoisotopic (exact) mass is 309 g/mol. The first-order valence-electron chi connectivity index (χ1n) is 4.94. The van der Waals surface area contributed by atoms with E-state index >= 15 is 0 Å². The number of rotatable bonds is 2. The van der Waals surface area contributed by atoms with E-state index in [0.717, 1.165) is 4.57 Å². The Morgan fingerprint density at radius 1 is 1.53 bits per heavy atom. The summed E-state index contributed by atoms with van der Waals surface area (Å²) in [7, 11) is 0. The topological polar surface area (TPSA) is 105 Å². The van der Waals surface area contributed by atoms with Crippen LogP contribution in [0, 0.1) is 0 Å². The van der Waals surface area contributed by atoms with Crippen LogP contribution < -0.4 is 11.2 Å². The van der Waals surface area contributed by atoms with Crippen molar-refractivity contribution in [2.45, 2.75) is 23.3 Å². The van der Waals surface area contributed by atoms with Gasteiger partial charge in [-0.2, -0.15) is 0 Å². The molecule has 2 rings (SSSR count). The number of hydrogen-bond acceptors (Lipinski definition) is 5. The van der Waals surface area contributed by atoms with Gasteiger partial charge in [-0.3, -0.25) is 14.3 Å². The molecule has 1 aliphatic heterocycles. The van der Waals surface area contributed by atoms with Crippen LogP contribution >= 0.6 is 15.9 Å². The van der Waals surface area contributed by atoms with Crippen molar-refractivity contribution in [3.63, 3.8) is 0 Å². The molecule has 8 heteroatoms. The molecule has 1 fully saturated rings. The summed E-state index contributed by atoms with van der Waals surface area (Å²) in [6.07, 6.45) is -1.18. The van der Waals surface area contributed by atoms with Crippen molar-refractivity contribution in [3.05, 3.63) is 33.1 Å². The minimum atomic E-state index is -0.927. The number of hydrogen-bond donors (Lipinski definition) is 3. The first-order chi connectivity index (χ1) is 8.04. The largest absolute Gasteiger partial charge is 0.394 e. The second-order valence-electron chi connectivity index (χ2n) is 3.70. The third-order valence-corrected chi connectivity index (χ3v) is 3.59. The van der Waals surface area contributed by atoms with Crippen LogP contribution in [0.5, 0.6) is 0 Å². The molecule has 0 spiro atoms. The number of nitrogens with zero attached hydrogens (tertiary/aromatic N) is 1. The van der Waals surface area contributed by atoms with Crippen LogP contribution in [0.2, 0.25) is 0 Å². The Morgan fingerprint density at radius 3 is 2.76 bits per heavy atom. The molecular weight excluding hydrogens is 298 g/mol. The van der Waals surface area contributed by atoms with Gasteiger partial charge >= 0.3 is 5.69 Å². The summed E-state index contributed by atoms with van der Waals surface area (Å²) in [4.78, 5) is 24.0. The minimum Gasteiger partial charge on any atom is -0.394 e. The zero-order valence-electron chi connectivity index (χ0n) is 8.62. The molecule has 0 saturated carbocycles. The highest BCUT2D eigenvalue weighted by Crippen LogP contribution is 2.33. The zero-order chi connectivity index (χ0) is 12.6. The molecule has 1 aromatic rings. The fourth-order valence-corrected chi connectivity index (χ4v) is 2.43. The number of aromatic nitrogens is 2. The van der Waals surface area contributed by atoms with Gasteiger partial charge in [-0.15, -0.1) is 0 Å². The summed E-state index contributed by atoms with van der Waals surface area (Å²) in [5.41, 5.74) is -1.13. The van der Waals surface area contributed by atoms with E-state index in [1.165, 1.54) is 12.3 Å². The van der Waals surface area contributed by atoms with E-state index in [-0.39, 0.29) is 6.61 Å². The molecule has 94 valence electrons. The van der Waals surface area contributed by atoms with Crippen LogP contribution in [0.4, 0.5) is 0 Å². The van der Waals surface area contributed by atoms with E-state index in [4.69, 9.17) is 9.84 Å². The molecule has 4 atom stereocenters. The van der Waals surface area contributed by atoms with Gasteiger partial charge in [-0.05, 0) is 0 Å². The summed E-state index contributed by atoms with van der Waals surface area (Å²) in [6, 6.07) is 1.18. The Bertz CT molecular complexity index is 513. The summed E-state index contributed by atoms with van der Waals surface area (Å²) >= 11 is 3.20. The average Bonchev–Trinajstić information content (AvgIpc) is 2.57. The van der Waals surface area contributed by atoms with E-state index < -0.39 is 34.5 Å². The molecule has 0 unspecified atom stereocenters. The van der Waals surface area contributed by atoms with E-state index in [0.29, 0.717) is 0 Å². The number of nitrogens with one attached hydrogen (secondary N) is 1. The van der Waals surface area contributed by atoms with Crippen LogP contribution in [0.3, 0.4) is 0 Å². The molecule has 3 N–H and O–H groups in total. The maximum Gasteiger partial charge on any atom is 0.330 e. The van der Waals surface area contributed by atoms with Gasteiger partial charge in [0.25, 0.3) is 5.56 Å². The molecule has 1 saturated heterocycles. The maximum atomic E-state index is 11.5. The number of aromatic amines is 1. The smallest absolute Gasteiger partial charge is 0.330 e. The van der Waals surface area contributed by atoms with Gasteiger partial charge in [0.2, 0.25) is 0 Å². The third kappa shape index (κ3) is 2.21. The number of halogens is 1. The lowest BCUT2D eigenvalue weighted by atomic mass is 10.2. The average molecular weight is 309 g/mol. The normalized spacial score (nSPS) is 32.9. The molecule has 0 bridgehead atoms. The lowest BCUT2D eigenvalue weighted by molar-refractivity contribution is -0.0456. The molecule has 0 aliphatic carbocycles. The number of H-pyrrole nitrogens is 1. The van der Waals surface area contributed by atoms with Crippen molar-refractivity contribution >= 4 is 15.9 Å². The number of alkyl halides is 1. The molecule has 0 aromatic carbocycles. The van der Waals surface area contributed by atoms with Gasteiger partial charge in [-0.1, -0.05) is 15.9 Å². The molecule has 1 aliphatic rings. The van der Waals surface area contributed by atoms with Crippen LogP contribution in [-0.2, 0) is 4.74 Å². The van der Waals surface area contributed by atoms with Crippen molar-refractivity contribution in [3.8, 4) is 0 Å². The van der Waals surface area contributed by atoms with E-state index in [9.17, 15) is 14.7 Å². The fourth-order valence-electron chi connectivity index (χ4n) is 1.71. The molecule has 1 aromatic heterocycles. The second kappa shape index (κ2) is 4.73. The van der Waals surface area contributed by atoms with E-state index in [2.05, 4.69) is 20.9 Å². The van der Waals surface area contributed by atoms with E-state index in [1.807, 2.05) is 0 Å². The van der Waals surface area contributed by atoms with Crippen LogP contribution in [-0.4, -0.2) is 43.4 Å². The third-order valence-electron chi connectivity index (χ3n) is 2.60. The second-order valence-corrected chi connectivity index (χ2v) is 4.76. The SMILES string of the molecule is O=c1ccn([C@@H]2O[C@H](CO)[C@@H](O)[C@H]2[82Br])c(=O)[nH]1. The lowest BCUT2D eigenvalue weighted by Crippen LogP contribution is -2.35. The van der Waals surface area contributed by atoms with Crippen molar-refractivity contribution in [1.82, 2.24) is 9.55 Å². The Morgan fingerprint density at radius 2 is 2.24 bits per heavy atom. The molecule has 17 heavy (non-hydrogen) atoms. The summed E-state index contributed by atoms with van der Waals surface area (Å²) in [5, 5.41) is 18.7. The highest BCUT2D eigenvalue weighted by Gasteiger charge is 2.43. The molecule has 0 radical (unpaired) electrons. The number of aliphatic hydroxyl groups is 2. The zero-order valence-corrected chi connectivity index (χ0v) is 10.2. The van der Waals surface area contributed by atoms with Crippen LogP contribution in [0.25, 0.3) is 0 Å². The predicted molar refractivity (Wildman–Crippen MR) is 61.0 cm³/mol. The lowest BCUT2D eigenvalue weighted by Gasteiger charge is -2.16. The fraction of sp³-hybridized carbons (Fsp3) is 0.556. The first-order valence-corrected chi connectivity index (χ1v) is 5.86. The van der Waals surface area contributed by atoms with Crippen molar-refractivity contribution in [2.24, 2.45) is 0 Å². The molecule has 0 amide bonds. The standard InChI is InChI=1S/C9H11BrN2O5/c10-6-7(15)4(3-13)17-8(6)12-2-1-5(14)11-9(12)16/h1-2,4,6-8,13,15H,3H2,(H,11,14,16)/t4-,6-,7-,8-/m1/s1/i10+2. The summed E-state index contributed by atoms with van der Waals surface area (Å²) < 4.78 is 6.49. The highest BCUT2D eigenvalue weighted by molar-refractivity contribution is 9.09. The Labute approximate surface area is 104 Å². The maximum absolute atomic E-state index is 11.5. The van der Waals surface area contributed by atoms with Crippen LogP contribution in [0.1, 0.15) is 6.23 Å². The van der Waals surface area contributed by atoms with Crippen molar-refractivity contribution in [2.75, 3.05) is 6.61 Å². The van der Waals surface area contributed by atoms with Gasteiger partial charge < -0.3 is 14.9 Å². The van der Waals surface area contributed by atoms with E-state index in [1.54, 1.807) is 0 Å². The van der Waals surface area contributed by atoms with Gasteiger partial charge in [0.15, 0.2) is 6.23 Å². The molecular formula is C9H11BrN2O5. The van der Waals surface area contributed by atoms with Crippen molar-refractivity contribution < 1.29 is 14.9 Å². The Balaban J connectivity index is 2.35. The van der Waals surface area contributed by atoms with Gasteiger partial charge in [-0.25, -0.2) is 4.79 Å². The van der Waals surface area contributed by atoms with Gasteiger partial charge in [0.05, 0.1) is 17.5 Å². The molecule has 2 heterocycles. The van der Waals surface area contributed by atoms with Gasteiger partial charge in [0, 0.05) is 12.3 Å².